The van der Waals surface area contributed by atoms with Crippen LogP contribution in [0.4, 0.5) is 5.69 Å². The third kappa shape index (κ3) is 2.64. The van der Waals surface area contributed by atoms with Gasteiger partial charge >= 0.3 is 5.97 Å². The molecule has 0 unspecified atom stereocenters. The normalized spacial score (nSPS) is 9.78. The smallest absolute Gasteiger partial charge is 0.354 e. The van der Waals surface area contributed by atoms with Crippen LogP contribution in [0.15, 0.2) is 36.9 Å². The molecule has 0 atom stereocenters. The summed E-state index contributed by atoms with van der Waals surface area (Å²) in [5.41, 5.74) is 0.232. The maximum absolute atomic E-state index is 11.8. The number of hydrogen-bond donors (Lipinski definition) is 2. The number of nitrogens with zero attached hydrogens (tertiary/aromatic N) is 3. The van der Waals surface area contributed by atoms with E-state index in [2.05, 4.69) is 20.3 Å². The number of carboxylic acid groups (broad SMARTS) is 1. The van der Waals surface area contributed by atoms with Gasteiger partial charge in [-0.2, -0.15) is 0 Å². The molecule has 2 aromatic heterocycles. The molecule has 0 spiro atoms. The highest BCUT2D eigenvalue weighted by atomic mass is 16.4. The van der Waals surface area contributed by atoms with Gasteiger partial charge in [-0.3, -0.25) is 4.79 Å². The predicted molar refractivity (Wildman–Crippen MR) is 61.2 cm³/mol. The van der Waals surface area contributed by atoms with Crippen LogP contribution in [0.3, 0.4) is 0 Å². The number of aromatic carboxylic acids is 1. The first-order chi connectivity index (χ1) is 8.66. The SMILES string of the molecule is O=C(O)c1cccc(C(=O)Nc2cncnc2)n1. The molecule has 0 saturated carbocycles. The minimum Gasteiger partial charge on any atom is -0.477 e. The van der Waals surface area contributed by atoms with Crippen molar-refractivity contribution in [2.45, 2.75) is 0 Å². The lowest BCUT2D eigenvalue weighted by Gasteiger charge is -2.03. The minimum absolute atomic E-state index is 0.0127. The molecule has 2 aromatic rings. The molecule has 0 aromatic carbocycles. The maximum atomic E-state index is 11.8. The first-order valence-corrected chi connectivity index (χ1v) is 4.93. The van der Waals surface area contributed by atoms with E-state index in [0.717, 1.165) is 0 Å². The minimum atomic E-state index is -1.19. The summed E-state index contributed by atoms with van der Waals surface area (Å²) in [6.07, 6.45) is 4.18. The van der Waals surface area contributed by atoms with Crippen molar-refractivity contribution in [2.75, 3.05) is 5.32 Å². The fourth-order valence-electron chi connectivity index (χ4n) is 1.24. The largest absolute Gasteiger partial charge is 0.477 e. The third-order valence-electron chi connectivity index (χ3n) is 2.02. The number of carbonyl (C=O) groups excluding carboxylic acids is 1. The lowest BCUT2D eigenvalue weighted by Crippen LogP contribution is -2.15. The van der Waals surface area contributed by atoms with Crippen LogP contribution in [0.2, 0.25) is 0 Å². The van der Waals surface area contributed by atoms with Crippen LogP contribution in [0.1, 0.15) is 21.0 Å². The van der Waals surface area contributed by atoms with Crippen molar-refractivity contribution in [2.24, 2.45) is 0 Å². The summed E-state index contributed by atoms with van der Waals surface area (Å²) in [7, 11) is 0. The molecule has 0 aliphatic carbocycles. The molecule has 7 heteroatoms. The molecule has 0 saturated heterocycles. The molecule has 2 rings (SSSR count). The fourth-order valence-corrected chi connectivity index (χ4v) is 1.24. The second-order valence-electron chi connectivity index (χ2n) is 3.29. The third-order valence-corrected chi connectivity index (χ3v) is 2.02. The van der Waals surface area contributed by atoms with Gasteiger partial charge in [-0.05, 0) is 12.1 Å². The van der Waals surface area contributed by atoms with E-state index in [1.54, 1.807) is 0 Å². The summed E-state index contributed by atoms with van der Waals surface area (Å²) < 4.78 is 0. The van der Waals surface area contributed by atoms with Gasteiger partial charge in [0.25, 0.3) is 5.91 Å². The lowest BCUT2D eigenvalue weighted by atomic mass is 10.3. The van der Waals surface area contributed by atoms with E-state index < -0.39 is 11.9 Å². The van der Waals surface area contributed by atoms with Gasteiger partial charge in [-0.25, -0.2) is 19.7 Å². The highest BCUT2D eigenvalue weighted by Gasteiger charge is 2.11. The number of anilines is 1. The molecule has 0 radical (unpaired) electrons. The lowest BCUT2D eigenvalue weighted by molar-refractivity contribution is 0.0690. The van der Waals surface area contributed by atoms with Crippen molar-refractivity contribution in [3.05, 3.63) is 48.3 Å². The molecule has 1 amide bonds. The highest BCUT2D eigenvalue weighted by Crippen LogP contribution is 2.05. The van der Waals surface area contributed by atoms with E-state index in [1.807, 2.05) is 0 Å². The zero-order valence-electron chi connectivity index (χ0n) is 9.07. The molecular formula is C11H8N4O3. The molecule has 2 N–H and O–H groups in total. The van der Waals surface area contributed by atoms with Gasteiger partial charge in [0.05, 0.1) is 18.1 Å². The van der Waals surface area contributed by atoms with Gasteiger partial charge in [0.1, 0.15) is 17.7 Å². The molecule has 7 nitrogen and oxygen atoms in total. The van der Waals surface area contributed by atoms with Gasteiger partial charge in [-0.15, -0.1) is 0 Å². The number of amides is 1. The number of carboxylic acids is 1. The zero-order valence-corrected chi connectivity index (χ0v) is 9.07. The second-order valence-corrected chi connectivity index (χ2v) is 3.29. The quantitative estimate of drug-likeness (QED) is 0.828. The second kappa shape index (κ2) is 5.00. The predicted octanol–water partition coefficient (Wildman–Crippen LogP) is 0.822. The monoisotopic (exact) mass is 244 g/mol. The van der Waals surface area contributed by atoms with Crippen molar-refractivity contribution in [1.82, 2.24) is 15.0 Å². The summed E-state index contributed by atoms with van der Waals surface area (Å²) in [6, 6.07) is 4.18. The van der Waals surface area contributed by atoms with Crippen molar-refractivity contribution in [3.8, 4) is 0 Å². The van der Waals surface area contributed by atoms with Crippen LogP contribution in [-0.2, 0) is 0 Å². The van der Waals surface area contributed by atoms with Gasteiger partial charge < -0.3 is 10.4 Å². The number of rotatable bonds is 3. The Balaban J connectivity index is 2.19. The van der Waals surface area contributed by atoms with E-state index in [1.165, 1.54) is 36.9 Å². The van der Waals surface area contributed by atoms with Gasteiger partial charge in [-0.1, -0.05) is 6.07 Å². The standard InChI is InChI=1S/C11H8N4O3/c16-10(14-7-4-12-6-13-5-7)8-2-1-3-9(15-8)11(17)18/h1-6H,(H,14,16)(H,17,18). The molecular weight excluding hydrogens is 236 g/mol. The van der Waals surface area contributed by atoms with Crippen LogP contribution in [0.5, 0.6) is 0 Å². The summed E-state index contributed by atoms with van der Waals surface area (Å²) in [6.45, 7) is 0. The Morgan fingerprint density at radius 3 is 2.44 bits per heavy atom. The Labute approximate surface area is 102 Å². The summed E-state index contributed by atoms with van der Waals surface area (Å²) in [5.74, 6) is -1.71. The Morgan fingerprint density at radius 2 is 1.78 bits per heavy atom. The van der Waals surface area contributed by atoms with Crippen molar-refractivity contribution < 1.29 is 14.7 Å². The molecule has 0 fully saturated rings. The maximum Gasteiger partial charge on any atom is 0.354 e. The van der Waals surface area contributed by atoms with Crippen LogP contribution in [-0.4, -0.2) is 31.9 Å². The summed E-state index contributed by atoms with van der Waals surface area (Å²) in [5, 5.41) is 11.3. The van der Waals surface area contributed by atoms with Crippen LogP contribution in [0.25, 0.3) is 0 Å². The average molecular weight is 244 g/mol. The topological polar surface area (TPSA) is 105 Å². The number of nitrogens with one attached hydrogen (secondary N) is 1. The van der Waals surface area contributed by atoms with E-state index >= 15 is 0 Å². The molecule has 18 heavy (non-hydrogen) atoms. The highest BCUT2D eigenvalue weighted by molar-refractivity contribution is 6.03. The number of carbonyl (C=O) groups is 2. The van der Waals surface area contributed by atoms with E-state index in [0.29, 0.717) is 5.69 Å². The summed E-state index contributed by atoms with van der Waals surface area (Å²) in [4.78, 5) is 33.7. The van der Waals surface area contributed by atoms with Gasteiger partial charge in [0, 0.05) is 0 Å². The molecule has 0 bridgehead atoms. The van der Waals surface area contributed by atoms with E-state index in [4.69, 9.17) is 5.11 Å². The van der Waals surface area contributed by atoms with Crippen LogP contribution in [0, 0.1) is 0 Å². The van der Waals surface area contributed by atoms with Crippen LogP contribution >= 0.6 is 0 Å². The van der Waals surface area contributed by atoms with Gasteiger partial charge in [0.15, 0.2) is 0 Å². The first-order valence-electron chi connectivity index (χ1n) is 4.93. The molecule has 0 aliphatic heterocycles. The summed E-state index contributed by atoms with van der Waals surface area (Å²) >= 11 is 0. The zero-order chi connectivity index (χ0) is 13.0. The van der Waals surface area contributed by atoms with Crippen LogP contribution < -0.4 is 5.32 Å². The Morgan fingerprint density at radius 1 is 1.11 bits per heavy atom. The fraction of sp³-hybridized carbons (Fsp3) is 0. The molecule has 0 aliphatic rings. The Hall–Kier alpha value is -2.83. The average Bonchev–Trinajstić information content (AvgIpc) is 2.40. The Kier molecular flexibility index (Phi) is 3.24. The molecule has 90 valence electrons. The van der Waals surface area contributed by atoms with E-state index in [-0.39, 0.29) is 11.4 Å². The number of hydrogen-bond acceptors (Lipinski definition) is 5. The van der Waals surface area contributed by atoms with Gasteiger partial charge in [0.2, 0.25) is 0 Å². The van der Waals surface area contributed by atoms with Crippen molar-refractivity contribution in [3.63, 3.8) is 0 Å². The first kappa shape index (κ1) is 11.6. The number of pyridine rings is 1. The van der Waals surface area contributed by atoms with Crippen molar-refractivity contribution in [1.29, 1.82) is 0 Å². The Bertz CT molecular complexity index is 586. The number of aromatic nitrogens is 3. The van der Waals surface area contributed by atoms with E-state index in [9.17, 15) is 9.59 Å². The van der Waals surface area contributed by atoms with Crippen molar-refractivity contribution >= 4 is 17.6 Å². The molecule has 2 heterocycles.